The summed E-state index contributed by atoms with van der Waals surface area (Å²) in [6.45, 7) is 0.132. The van der Waals surface area contributed by atoms with Gasteiger partial charge < -0.3 is 5.32 Å². The van der Waals surface area contributed by atoms with E-state index >= 15 is 0 Å². The summed E-state index contributed by atoms with van der Waals surface area (Å²) in [4.78, 5) is 4.44. The van der Waals surface area contributed by atoms with Crippen molar-refractivity contribution < 1.29 is 8.42 Å². The molecule has 2 aromatic heterocycles. The molecular weight excluding hydrogens is 373 g/mol. The third-order valence-corrected chi connectivity index (χ3v) is 4.61. The van der Waals surface area contributed by atoms with Crippen LogP contribution in [0.1, 0.15) is 0 Å². The standard InChI is InChI=1S/C14H13Cl2N5O2S/c15-9-3-11-10(8-6-19-20-7-8)5-13(18-1-2-24(17,22)23)21-14(11)12(16)4-9/h3-7H,1-2H2,(H,18,21)(H,19,20)(H2,17,22,23). The lowest BCUT2D eigenvalue weighted by atomic mass is 10.0. The topological polar surface area (TPSA) is 114 Å². The van der Waals surface area contributed by atoms with Crippen LogP contribution in [-0.4, -0.2) is 35.9 Å². The van der Waals surface area contributed by atoms with Crippen molar-refractivity contribution in [2.75, 3.05) is 17.6 Å². The maximum atomic E-state index is 11.0. The first kappa shape index (κ1) is 17.0. The van der Waals surface area contributed by atoms with Crippen LogP contribution >= 0.6 is 23.2 Å². The zero-order valence-electron chi connectivity index (χ0n) is 12.3. The van der Waals surface area contributed by atoms with Crippen LogP contribution in [0, 0.1) is 0 Å². The van der Waals surface area contributed by atoms with Crippen molar-refractivity contribution in [3.8, 4) is 11.1 Å². The fraction of sp³-hybridized carbons (Fsp3) is 0.143. The van der Waals surface area contributed by atoms with Gasteiger partial charge in [0.15, 0.2) is 0 Å². The highest BCUT2D eigenvalue weighted by Gasteiger charge is 2.13. The number of nitrogens with one attached hydrogen (secondary N) is 2. The smallest absolute Gasteiger partial charge is 0.210 e. The van der Waals surface area contributed by atoms with Gasteiger partial charge in [-0.1, -0.05) is 23.2 Å². The number of aromatic amines is 1. The van der Waals surface area contributed by atoms with Crippen molar-refractivity contribution in [1.29, 1.82) is 0 Å². The highest BCUT2D eigenvalue weighted by molar-refractivity contribution is 7.89. The molecule has 2 heterocycles. The molecule has 3 aromatic rings. The summed E-state index contributed by atoms with van der Waals surface area (Å²) < 4.78 is 22.1. The number of halogens is 2. The molecule has 0 aliphatic carbocycles. The third kappa shape index (κ3) is 3.78. The number of primary sulfonamides is 1. The predicted molar refractivity (Wildman–Crippen MR) is 95.8 cm³/mol. The number of nitrogens with two attached hydrogens (primary N) is 1. The molecule has 0 fully saturated rings. The van der Waals surface area contributed by atoms with Crippen LogP contribution in [0.15, 0.2) is 30.6 Å². The van der Waals surface area contributed by atoms with Gasteiger partial charge in [0.1, 0.15) is 5.82 Å². The molecule has 0 unspecified atom stereocenters. The van der Waals surface area contributed by atoms with Crippen LogP contribution in [0.3, 0.4) is 0 Å². The molecule has 1 aromatic carbocycles. The van der Waals surface area contributed by atoms with Crippen molar-refractivity contribution in [1.82, 2.24) is 15.2 Å². The lowest BCUT2D eigenvalue weighted by Gasteiger charge is -2.11. The second-order valence-corrected chi connectivity index (χ2v) is 7.70. The molecular formula is C14H13Cl2N5O2S. The van der Waals surface area contributed by atoms with Crippen molar-refractivity contribution in [2.24, 2.45) is 5.14 Å². The highest BCUT2D eigenvalue weighted by Crippen LogP contribution is 2.35. The number of H-pyrrole nitrogens is 1. The molecule has 4 N–H and O–H groups in total. The Labute approximate surface area is 148 Å². The lowest BCUT2D eigenvalue weighted by molar-refractivity contribution is 0.598. The molecule has 7 nitrogen and oxygen atoms in total. The minimum absolute atomic E-state index is 0.132. The van der Waals surface area contributed by atoms with Crippen molar-refractivity contribution in [3.63, 3.8) is 0 Å². The van der Waals surface area contributed by atoms with Crippen LogP contribution in [0.25, 0.3) is 22.0 Å². The van der Waals surface area contributed by atoms with Gasteiger partial charge >= 0.3 is 0 Å². The van der Waals surface area contributed by atoms with Crippen molar-refractivity contribution in [2.45, 2.75) is 0 Å². The SMILES string of the molecule is NS(=O)(=O)CCNc1cc(-c2cn[nH]c2)c2cc(Cl)cc(Cl)c2n1. The third-order valence-electron chi connectivity index (χ3n) is 3.33. The average molecular weight is 386 g/mol. The van der Waals surface area contributed by atoms with E-state index in [0.717, 1.165) is 16.5 Å². The molecule has 0 saturated carbocycles. The van der Waals surface area contributed by atoms with E-state index < -0.39 is 10.0 Å². The Hall–Kier alpha value is -1.87. The minimum atomic E-state index is -3.55. The quantitative estimate of drug-likeness (QED) is 0.624. The van der Waals surface area contributed by atoms with E-state index in [-0.39, 0.29) is 12.3 Å². The molecule has 10 heteroatoms. The van der Waals surface area contributed by atoms with Crippen LogP contribution in [0.5, 0.6) is 0 Å². The largest absolute Gasteiger partial charge is 0.369 e. The predicted octanol–water partition coefficient (Wildman–Crippen LogP) is 2.63. The Bertz CT molecular complexity index is 990. The van der Waals surface area contributed by atoms with Crippen molar-refractivity contribution in [3.05, 3.63) is 40.6 Å². The summed E-state index contributed by atoms with van der Waals surface area (Å²) in [5.41, 5.74) is 2.20. The summed E-state index contributed by atoms with van der Waals surface area (Å²) in [6.07, 6.45) is 3.40. The number of pyridine rings is 1. The first-order valence-corrected chi connectivity index (χ1v) is 9.34. The Morgan fingerprint density at radius 1 is 1.25 bits per heavy atom. The molecule has 0 aliphatic heterocycles. The van der Waals surface area contributed by atoms with Crippen LogP contribution < -0.4 is 10.5 Å². The maximum Gasteiger partial charge on any atom is 0.210 e. The van der Waals surface area contributed by atoms with Gasteiger partial charge in [0.2, 0.25) is 10.0 Å². The number of aromatic nitrogens is 3. The number of sulfonamides is 1. The van der Waals surface area contributed by atoms with Gasteiger partial charge in [-0.25, -0.2) is 18.5 Å². The van der Waals surface area contributed by atoms with Gasteiger partial charge in [0, 0.05) is 28.7 Å². The van der Waals surface area contributed by atoms with Gasteiger partial charge in [-0.15, -0.1) is 0 Å². The van der Waals surface area contributed by atoms with Gasteiger partial charge in [-0.2, -0.15) is 5.10 Å². The van der Waals surface area contributed by atoms with E-state index in [1.165, 1.54) is 0 Å². The summed E-state index contributed by atoms with van der Waals surface area (Å²) >= 11 is 12.4. The highest BCUT2D eigenvalue weighted by atomic mass is 35.5. The number of anilines is 1. The second-order valence-electron chi connectivity index (χ2n) is 5.12. The minimum Gasteiger partial charge on any atom is -0.369 e. The number of fused-ring (bicyclic) bond motifs is 1. The lowest BCUT2D eigenvalue weighted by Crippen LogP contribution is -2.22. The first-order valence-electron chi connectivity index (χ1n) is 6.87. The summed E-state index contributed by atoms with van der Waals surface area (Å²) in [5.74, 6) is 0.272. The molecule has 3 rings (SSSR count). The van der Waals surface area contributed by atoms with Crippen LogP contribution in [-0.2, 0) is 10.0 Å². The van der Waals surface area contributed by atoms with E-state index in [0.29, 0.717) is 21.4 Å². The molecule has 0 spiro atoms. The number of nitrogens with zero attached hydrogens (tertiary/aromatic N) is 2. The van der Waals surface area contributed by atoms with E-state index in [1.54, 1.807) is 30.6 Å². The van der Waals surface area contributed by atoms with E-state index in [2.05, 4.69) is 20.5 Å². The molecule has 0 bridgehead atoms. The summed E-state index contributed by atoms with van der Waals surface area (Å²) in [5, 5.41) is 16.3. The molecule has 0 saturated heterocycles. The molecule has 0 aliphatic rings. The number of hydrogen-bond acceptors (Lipinski definition) is 5. The molecule has 24 heavy (non-hydrogen) atoms. The Morgan fingerprint density at radius 3 is 2.71 bits per heavy atom. The Balaban J connectivity index is 2.09. The molecule has 0 atom stereocenters. The zero-order valence-corrected chi connectivity index (χ0v) is 14.6. The van der Waals surface area contributed by atoms with Gasteiger partial charge in [-0.05, 0) is 23.8 Å². The van der Waals surface area contributed by atoms with Gasteiger partial charge in [0.25, 0.3) is 0 Å². The summed E-state index contributed by atoms with van der Waals surface area (Å²) in [7, 11) is -3.55. The van der Waals surface area contributed by atoms with E-state index in [1.807, 2.05) is 0 Å². The molecule has 126 valence electrons. The fourth-order valence-electron chi connectivity index (χ4n) is 2.30. The van der Waals surface area contributed by atoms with Crippen molar-refractivity contribution >= 4 is 49.9 Å². The Morgan fingerprint density at radius 2 is 2.04 bits per heavy atom. The first-order chi connectivity index (χ1) is 11.3. The number of hydrogen-bond donors (Lipinski definition) is 3. The number of rotatable bonds is 5. The van der Waals surface area contributed by atoms with Gasteiger partial charge in [0.05, 0.1) is 22.5 Å². The van der Waals surface area contributed by atoms with Gasteiger partial charge in [-0.3, -0.25) is 5.10 Å². The van der Waals surface area contributed by atoms with E-state index in [9.17, 15) is 8.42 Å². The molecule has 0 radical (unpaired) electrons. The number of benzene rings is 1. The fourth-order valence-corrected chi connectivity index (χ4v) is 3.22. The Kier molecular flexibility index (Phi) is 4.64. The normalized spacial score (nSPS) is 11.8. The average Bonchev–Trinajstić information content (AvgIpc) is 3.00. The van der Waals surface area contributed by atoms with E-state index in [4.69, 9.17) is 28.3 Å². The summed E-state index contributed by atoms with van der Waals surface area (Å²) in [6, 6.07) is 5.15. The zero-order chi connectivity index (χ0) is 17.3. The maximum absolute atomic E-state index is 11.0. The monoisotopic (exact) mass is 385 g/mol. The second kappa shape index (κ2) is 6.56. The molecule has 0 amide bonds. The van der Waals surface area contributed by atoms with Crippen LogP contribution in [0.2, 0.25) is 10.0 Å². The van der Waals surface area contributed by atoms with Crippen LogP contribution in [0.4, 0.5) is 5.82 Å².